The second kappa shape index (κ2) is 9.38. The zero-order valence-electron chi connectivity index (χ0n) is 12.7. The fraction of sp³-hybridized carbons (Fsp3) is 0.111. The van der Waals surface area contributed by atoms with Gasteiger partial charge < -0.3 is 9.47 Å². The van der Waals surface area contributed by atoms with Crippen LogP contribution < -0.4 is 14.9 Å². The number of rotatable bonds is 7. The molecule has 0 radical (unpaired) electrons. The molecule has 0 saturated heterocycles. The van der Waals surface area contributed by atoms with Crippen LogP contribution in [0.25, 0.3) is 0 Å². The van der Waals surface area contributed by atoms with E-state index >= 15 is 0 Å². The number of benzene rings is 2. The van der Waals surface area contributed by atoms with Gasteiger partial charge >= 0.3 is 0 Å². The van der Waals surface area contributed by atoms with Crippen molar-refractivity contribution in [3.05, 3.63) is 58.6 Å². The largest absolute Gasteiger partial charge is 0.483 e. The van der Waals surface area contributed by atoms with E-state index in [-0.39, 0.29) is 19.1 Å². The number of carbonyl (C=O) groups excluding carboxylic acids is 1. The van der Waals surface area contributed by atoms with Crippen molar-refractivity contribution in [3.8, 4) is 23.8 Å². The lowest BCUT2D eigenvalue weighted by atomic mass is 10.2. The molecule has 5 nitrogen and oxygen atoms in total. The molecular formula is C18H15BrN2O3. The Bertz CT molecular complexity index is 769. The van der Waals surface area contributed by atoms with Crippen LogP contribution in [0.3, 0.4) is 0 Å². The second-order valence-corrected chi connectivity index (χ2v) is 5.40. The van der Waals surface area contributed by atoms with Crippen LogP contribution in [-0.4, -0.2) is 25.3 Å². The van der Waals surface area contributed by atoms with Gasteiger partial charge in [0.15, 0.2) is 6.61 Å². The lowest BCUT2D eigenvalue weighted by molar-refractivity contribution is -0.123. The first kappa shape index (κ1) is 17.6. The van der Waals surface area contributed by atoms with E-state index < -0.39 is 0 Å². The summed E-state index contributed by atoms with van der Waals surface area (Å²) in [4.78, 5) is 11.8. The molecule has 2 rings (SSSR count). The van der Waals surface area contributed by atoms with E-state index in [1.807, 2.05) is 30.3 Å². The van der Waals surface area contributed by atoms with Gasteiger partial charge in [-0.25, -0.2) is 5.43 Å². The molecule has 2 aromatic rings. The maximum Gasteiger partial charge on any atom is 0.277 e. The maximum absolute atomic E-state index is 11.8. The number of nitrogens with zero attached hydrogens (tertiary/aromatic N) is 1. The van der Waals surface area contributed by atoms with Crippen LogP contribution in [0.5, 0.6) is 11.5 Å². The molecule has 2 aromatic carbocycles. The summed E-state index contributed by atoms with van der Waals surface area (Å²) < 4.78 is 11.6. The number of halogens is 1. The van der Waals surface area contributed by atoms with Crippen molar-refractivity contribution in [2.24, 2.45) is 5.10 Å². The van der Waals surface area contributed by atoms with Crippen molar-refractivity contribution in [1.82, 2.24) is 5.43 Å². The van der Waals surface area contributed by atoms with Crippen LogP contribution in [0.4, 0.5) is 0 Å². The van der Waals surface area contributed by atoms with Crippen molar-refractivity contribution in [2.75, 3.05) is 13.2 Å². The predicted octanol–water partition coefficient (Wildman–Crippen LogP) is 2.99. The predicted molar refractivity (Wildman–Crippen MR) is 96.1 cm³/mol. The number of amides is 1. The zero-order valence-corrected chi connectivity index (χ0v) is 14.3. The number of hydrazone groups is 1. The third kappa shape index (κ3) is 5.45. The summed E-state index contributed by atoms with van der Waals surface area (Å²) in [5, 5.41) is 3.90. The normalized spacial score (nSPS) is 10.2. The molecule has 0 aromatic heterocycles. The molecule has 0 unspecified atom stereocenters. The van der Waals surface area contributed by atoms with Gasteiger partial charge in [-0.2, -0.15) is 5.10 Å². The third-order valence-corrected chi connectivity index (χ3v) is 3.47. The van der Waals surface area contributed by atoms with Crippen LogP contribution in [0, 0.1) is 12.3 Å². The van der Waals surface area contributed by atoms with Crippen molar-refractivity contribution in [2.45, 2.75) is 0 Å². The summed E-state index contributed by atoms with van der Waals surface area (Å²) in [6.07, 6.45) is 6.66. The van der Waals surface area contributed by atoms with Crippen LogP contribution in [0.2, 0.25) is 0 Å². The van der Waals surface area contributed by atoms with Crippen molar-refractivity contribution in [1.29, 1.82) is 0 Å². The fourth-order valence-electron chi connectivity index (χ4n) is 1.75. The molecular weight excluding hydrogens is 372 g/mol. The third-order valence-electron chi connectivity index (χ3n) is 2.82. The molecule has 0 bridgehead atoms. The summed E-state index contributed by atoms with van der Waals surface area (Å²) in [6, 6.07) is 14.5. The van der Waals surface area contributed by atoms with Gasteiger partial charge in [0.1, 0.15) is 18.1 Å². The first-order valence-electron chi connectivity index (χ1n) is 7.05. The second-order valence-electron chi connectivity index (χ2n) is 4.54. The summed E-state index contributed by atoms with van der Waals surface area (Å²) in [6.45, 7) is 0.0200. The van der Waals surface area contributed by atoms with Crippen LogP contribution >= 0.6 is 15.9 Å². The highest BCUT2D eigenvalue weighted by Gasteiger charge is 2.04. The molecule has 0 aliphatic carbocycles. The first-order valence-corrected chi connectivity index (χ1v) is 7.84. The van der Waals surface area contributed by atoms with Crippen LogP contribution in [0.1, 0.15) is 5.56 Å². The average Bonchev–Trinajstić information content (AvgIpc) is 2.60. The number of ether oxygens (including phenoxy) is 2. The SMILES string of the molecule is C#CCOc1ccccc1/C=N\NC(=O)COc1ccccc1Br. The van der Waals surface area contributed by atoms with Crippen molar-refractivity contribution in [3.63, 3.8) is 0 Å². The Morgan fingerprint density at radius 1 is 1.17 bits per heavy atom. The molecule has 0 aliphatic rings. The van der Waals surface area contributed by atoms with Crippen molar-refractivity contribution < 1.29 is 14.3 Å². The minimum absolute atomic E-state index is 0.144. The molecule has 1 amide bonds. The number of carbonyl (C=O) groups is 1. The number of terminal acetylenes is 1. The summed E-state index contributed by atoms with van der Waals surface area (Å²) in [5.74, 6) is 3.21. The fourth-order valence-corrected chi connectivity index (χ4v) is 2.15. The Labute approximate surface area is 148 Å². The molecule has 0 fully saturated rings. The van der Waals surface area contributed by atoms with Gasteiger partial charge in [-0.3, -0.25) is 4.79 Å². The highest BCUT2D eigenvalue weighted by atomic mass is 79.9. The summed E-state index contributed by atoms with van der Waals surface area (Å²) >= 11 is 3.34. The van der Waals surface area contributed by atoms with Crippen LogP contribution in [0.15, 0.2) is 58.1 Å². The lowest BCUT2D eigenvalue weighted by Gasteiger charge is -2.07. The van der Waals surface area contributed by atoms with E-state index in [2.05, 4.69) is 32.4 Å². The minimum atomic E-state index is -0.371. The van der Waals surface area contributed by atoms with E-state index in [1.165, 1.54) is 6.21 Å². The molecule has 0 saturated carbocycles. The van der Waals surface area contributed by atoms with Gasteiger partial charge in [0.25, 0.3) is 5.91 Å². The molecule has 0 spiro atoms. The zero-order chi connectivity index (χ0) is 17.2. The smallest absolute Gasteiger partial charge is 0.277 e. The Morgan fingerprint density at radius 3 is 2.62 bits per heavy atom. The molecule has 0 aliphatic heterocycles. The van der Waals surface area contributed by atoms with E-state index in [1.54, 1.807) is 18.2 Å². The average molecular weight is 387 g/mol. The first-order chi connectivity index (χ1) is 11.7. The number of nitrogens with one attached hydrogen (secondary N) is 1. The topological polar surface area (TPSA) is 59.9 Å². The number of hydrogen-bond acceptors (Lipinski definition) is 4. The minimum Gasteiger partial charge on any atom is -0.483 e. The quantitative estimate of drug-likeness (QED) is 0.452. The number of hydrogen-bond donors (Lipinski definition) is 1. The maximum atomic E-state index is 11.8. The Hall–Kier alpha value is -2.78. The van der Waals surface area contributed by atoms with E-state index in [0.29, 0.717) is 17.1 Å². The highest BCUT2D eigenvalue weighted by Crippen LogP contribution is 2.23. The van der Waals surface area contributed by atoms with Gasteiger partial charge in [-0.15, -0.1) is 6.42 Å². The van der Waals surface area contributed by atoms with Crippen LogP contribution in [-0.2, 0) is 4.79 Å². The lowest BCUT2D eigenvalue weighted by Crippen LogP contribution is -2.24. The molecule has 122 valence electrons. The highest BCUT2D eigenvalue weighted by molar-refractivity contribution is 9.10. The molecule has 0 heterocycles. The summed E-state index contributed by atoms with van der Waals surface area (Å²) in [5.41, 5.74) is 3.11. The molecule has 6 heteroatoms. The standard InChI is InChI=1S/C18H15BrN2O3/c1-2-11-23-16-9-5-3-7-14(16)12-20-21-18(22)13-24-17-10-6-4-8-15(17)19/h1,3-10,12H,11,13H2,(H,21,22)/b20-12-. The number of para-hydroxylation sites is 2. The van der Waals surface area contributed by atoms with Gasteiger partial charge in [-0.1, -0.05) is 30.2 Å². The van der Waals surface area contributed by atoms with Gasteiger partial charge in [0, 0.05) is 5.56 Å². The van der Waals surface area contributed by atoms with Gasteiger partial charge in [0.2, 0.25) is 0 Å². The Morgan fingerprint density at radius 2 is 1.88 bits per heavy atom. The van der Waals surface area contributed by atoms with Gasteiger partial charge in [0.05, 0.1) is 10.7 Å². The monoisotopic (exact) mass is 386 g/mol. The molecule has 1 N–H and O–H groups in total. The van der Waals surface area contributed by atoms with E-state index in [4.69, 9.17) is 15.9 Å². The Kier molecular flexibility index (Phi) is 6.87. The summed E-state index contributed by atoms with van der Waals surface area (Å²) in [7, 11) is 0. The van der Waals surface area contributed by atoms with E-state index in [0.717, 1.165) is 4.47 Å². The van der Waals surface area contributed by atoms with Crippen molar-refractivity contribution >= 4 is 28.1 Å². The molecule has 0 atom stereocenters. The Balaban J connectivity index is 1.87. The van der Waals surface area contributed by atoms with Gasteiger partial charge in [-0.05, 0) is 40.2 Å². The van der Waals surface area contributed by atoms with E-state index in [9.17, 15) is 4.79 Å². The molecule has 24 heavy (non-hydrogen) atoms.